The highest BCUT2D eigenvalue weighted by Crippen LogP contribution is 2.43. The van der Waals surface area contributed by atoms with Gasteiger partial charge in [-0.25, -0.2) is 0 Å². The van der Waals surface area contributed by atoms with Gasteiger partial charge in [0.2, 0.25) is 0 Å². The quantitative estimate of drug-likeness (QED) is 0.840. The minimum Gasteiger partial charge on any atom is -0.395 e. The van der Waals surface area contributed by atoms with Crippen molar-refractivity contribution in [1.29, 1.82) is 0 Å². The number of fused-ring (bicyclic) bond motifs is 2. The van der Waals surface area contributed by atoms with E-state index in [1.807, 2.05) is 6.07 Å². The summed E-state index contributed by atoms with van der Waals surface area (Å²) in [5.41, 5.74) is 0.737. The van der Waals surface area contributed by atoms with Gasteiger partial charge in [-0.2, -0.15) is 0 Å². The molecule has 5 rings (SSSR count). The number of hydrogen-bond acceptors (Lipinski definition) is 5. The number of likely N-dealkylation sites (tertiary alicyclic amines) is 1. The molecule has 4 heterocycles. The molecule has 0 amide bonds. The van der Waals surface area contributed by atoms with Gasteiger partial charge in [-0.05, 0) is 38.4 Å². The van der Waals surface area contributed by atoms with Crippen LogP contribution in [0, 0.1) is 0 Å². The maximum atomic E-state index is 13.3. The molecule has 0 radical (unpaired) electrons. The molecule has 138 valence electrons. The first-order chi connectivity index (χ1) is 12.6. The van der Waals surface area contributed by atoms with Crippen LogP contribution in [0.5, 0.6) is 11.5 Å². The summed E-state index contributed by atoms with van der Waals surface area (Å²) in [5, 5.41) is 8.72. The van der Waals surface area contributed by atoms with E-state index < -0.39 is 6.29 Å². The van der Waals surface area contributed by atoms with Crippen molar-refractivity contribution in [2.45, 2.75) is 51.0 Å². The summed E-state index contributed by atoms with van der Waals surface area (Å²) >= 11 is 0. The van der Waals surface area contributed by atoms with Gasteiger partial charge in [0, 0.05) is 31.0 Å². The van der Waals surface area contributed by atoms with E-state index in [1.54, 1.807) is 6.07 Å². The maximum Gasteiger partial charge on any atom is 0.586 e. The Morgan fingerprint density at radius 2 is 1.96 bits per heavy atom. The first-order valence-corrected chi connectivity index (χ1v) is 9.11. The third kappa shape index (κ3) is 2.72. The second-order valence-electron chi connectivity index (χ2n) is 7.19. The molecule has 0 saturated carbocycles. The van der Waals surface area contributed by atoms with E-state index in [-0.39, 0.29) is 11.5 Å². The van der Waals surface area contributed by atoms with E-state index in [1.165, 1.54) is 6.07 Å². The molecule has 0 aliphatic carbocycles. The Kier molecular flexibility index (Phi) is 3.63. The predicted molar refractivity (Wildman–Crippen MR) is 88.2 cm³/mol. The predicted octanol–water partition coefficient (Wildman–Crippen LogP) is 2.93. The lowest BCUT2D eigenvalue weighted by atomic mass is 9.95. The monoisotopic (exact) mass is 362 g/mol. The van der Waals surface area contributed by atoms with Crippen molar-refractivity contribution in [3.8, 4) is 11.5 Å². The minimum absolute atomic E-state index is 0.112. The van der Waals surface area contributed by atoms with Crippen LogP contribution in [-0.2, 0) is 19.5 Å². The molecule has 1 fully saturated rings. The van der Waals surface area contributed by atoms with Crippen molar-refractivity contribution in [3.05, 3.63) is 35.4 Å². The van der Waals surface area contributed by atoms with Crippen LogP contribution in [0.15, 0.2) is 18.2 Å². The van der Waals surface area contributed by atoms with Crippen LogP contribution in [0.3, 0.4) is 0 Å². The van der Waals surface area contributed by atoms with Gasteiger partial charge < -0.3 is 14.0 Å². The molecule has 3 aliphatic heterocycles. The number of ether oxygens (including phenoxy) is 2. The number of piperidine rings is 1. The smallest absolute Gasteiger partial charge is 0.395 e. The highest BCUT2D eigenvalue weighted by molar-refractivity contribution is 5.48. The number of aromatic nitrogens is 3. The fourth-order valence-electron chi connectivity index (χ4n) is 4.21. The topological polar surface area (TPSA) is 52.4 Å². The second kappa shape index (κ2) is 5.90. The largest absolute Gasteiger partial charge is 0.586 e. The minimum atomic E-state index is -3.57. The van der Waals surface area contributed by atoms with Crippen molar-refractivity contribution < 1.29 is 18.3 Å². The summed E-state index contributed by atoms with van der Waals surface area (Å²) in [7, 11) is 0. The molecule has 0 unspecified atom stereocenters. The van der Waals surface area contributed by atoms with Crippen LogP contribution in [0.2, 0.25) is 0 Å². The lowest BCUT2D eigenvalue weighted by Crippen LogP contribution is -2.33. The molecule has 1 aromatic carbocycles. The first-order valence-electron chi connectivity index (χ1n) is 9.11. The van der Waals surface area contributed by atoms with Crippen LogP contribution in [0.1, 0.15) is 42.4 Å². The Hall–Kier alpha value is -2.22. The van der Waals surface area contributed by atoms with Gasteiger partial charge in [0.05, 0.1) is 0 Å². The Bertz CT molecular complexity index is 831. The molecular formula is C18H20F2N4O2. The van der Waals surface area contributed by atoms with Crippen LogP contribution >= 0.6 is 0 Å². The fourth-order valence-corrected chi connectivity index (χ4v) is 4.21. The average molecular weight is 362 g/mol. The van der Waals surface area contributed by atoms with Gasteiger partial charge in [-0.15, -0.1) is 19.0 Å². The number of alkyl halides is 2. The molecule has 0 atom stereocenters. The van der Waals surface area contributed by atoms with Gasteiger partial charge >= 0.3 is 6.29 Å². The standard InChI is InChI=1S/C18H20F2N4O2/c19-18(20)25-14-4-1-3-13(16(14)26-18)11-23-9-6-12(7-10-23)17-22-21-15-5-2-8-24(15)17/h1,3-4,12H,2,5-11H2. The molecular weight excluding hydrogens is 342 g/mol. The van der Waals surface area contributed by atoms with Crippen molar-refractivity contribution in [3.63, 3.8) is 0 Å². The second-order valence-corrected chi connectivity index (χ2v) is 7.19. The molecule has 1 aromatic heterocycles. The van der Waals surface area contributed by atoms with Crippen molar-refractivity contribution in [2.75, 3.05) is 13.1 Å². The van der Waals surface area contributed by atoms with Crippen LogP contribution in [0.25, 0.3) is 0 Å². The lowest BCUT2D eigenvalue weighted by molar-refractivity contribution is -0.287. The number of rotatable bonds is 3. The third-order valence-corrected chi connectivity index (χ3v) is 5.49. The zero-order valence-corrected chi connectivity index (χ0v) is 14.3. The van der Waals surface area contributed by atoms with Crippen molar-refractivity contribution in [2.24, 2.45) is 0 Å². The van der Waals surface area contributed by atoms with Gasteiger partial charge in [0.1, 0.15) is 11.6 Å². The zero-order valence-electron chi connectivity index (χ0n) is 14.3. The number of hydrogen-bond donors (Lipinski definition) is 0. The van der Waals surface area contributed by atoms with Crippen LogP contribution in [-0.4, -0.2) is 39.0 Å². The fraction of sp³-hybridized carbons (Fsp3) is 0.556. The molecule has 2 aromatic rings. The molecule has 1 saturated heterocycles. The van der Waals surface area contributed by atoms with Crippen LogP contribution < -0.4 is 9.47 Å². The molecule has 0 N–H and O–H groups in total. The summed E-state index contributed by atoms with van der Waals surface area (Å²) in [6, 6.07) is 5.06. The maximum absolute atomic E-state index is 13.3. The molecule has 26 heavy (non-hydrogen) atoms. The van der Waals surface area contributed by atoms with Gasteiger partial charge in [-0.1, -0.05) is 12.1 Å². The van der Waals surface area contributed by atoms with Crippen LogP contribution in [0.4, 0.5) is 8.78 Å². The highest BCUT2D eigenvalue weighted by atomic mass is 19.3. The summed E-state index contributed by atoms with van der Waals surface area (Å²) in [6.07, 6.45) is 0.612. The van der Waals surface area contributed by atoms with E-state index in [2.05, 4.69) is 24.4 Å². The molecule has 8 heteroatoms. The first kappa shape index (κ1) is 16.0. The van der Waals surface area contributed by atoms with E-state index in [4.69, 9.17) is 4.74 Å². The van der Waals surface area contributed by atoms with E-state index >= 15 is 0 Å². The summed E-state index contributed by atoms with van der Waals surface area (Å²) < 4.78 is 38.2. The molecule has 0 bridgehead atoms. The van der Waals surface area contributed by atoms with Gasteiger partial charge in [0.25, 0.3) is 0 Å². The SMILES string of the molecule is FC1(F)Oc2cccc(CN3CCC(c4nnc5n4CCC5)CC3)c2O1. The van der Waals surface area contributed by atoms with E-state index in [0.717, 1.165) is 62.5 Å². The summed E-state index contributed by atoms with van der Waals surface area (Å²) in [4.78, 5) is 2.27. The Balaban J connectivity index is 1.25. The molecule has 6 nitrogen and oxygen atoms in total. The average Bonchev–Trinajstić information content (AvgIpc) is 3.28. The third-order valence-electron chi connectivity index (χ3n) is 5.49. The summed E-state index contributed by atoms with van der Waals surface area (Å²) in [6.45, 7) is 3.40. The number of halogens is 2. The molecule has 0 spiro atoms. The van der Waals surface area contributed by atoms with Crippen molar-refractivity contribution >= 4 is 0 Å². The number of aryl methyl sites for hydroxylation is 1. The zero-order chi connectivity index (χ0) is 17.7. The number of para-hydroxylation sites is 1. The number of nitrogens with zero attached hydrogens (tertiary/aromatic N) is 4. The Morgan fingerprint density at radius 1 is 1.12 bits per heavy atom. The normalized spacial score (nSPS) is 21.9. The summed E-state index contributed by atoms with van der Waals surface area (Å²) in [5.74, 6) is 2.93. The van der Waals surface area contributed by atoms with E-state index in [9.17, 15) is 8.78 Å². The molecule has 3 aliphatic rings. The van der Waals surface area contributed by atoms with Crippen molar-refractivity contribution in [1.82, 2.24) is 19.7 Å². The van der Waals surface area contributed by atoms with E-state index in [0.29, 0.717) is 12.5 Å². The van der Waals surface area contributed by atoms with Gasteiger partial charge in [0.15, 0.2) is 11.5 Å². The highest BCUT2D eigenvalue weighted by Gasteiger charge is 2.44. The van der Waals surface area contributed by atoms with Gasteiger partial charge in [-0.3, -0.25) is 4.90 Å². The number of benzene rings is 1. The lowest BCUT2D eigenvalue weighted by Gasteiger charge is -2.31. The Morgan fingerprint density at radius 3 is 2.81 bits per heavy atom. The Labute approximate surface area is 149 Å².